The zero-order chi connectivity index (χ0) is 17.6. The largest absolute Gasteiger partial charge is 0.352 e. The second kappa shape index (κ2) is 7.91. The molecule has 1 saturated heterocycles. The molecule has 4 nitrogen and oxygen atoms in total. The zero-order valence-corrected chi connectivity index (χ0v) is 13.9. The Hall–Kier alpha value is -2.71. The standard InChI is InChI=1S/C20H20FN3O/c21-19-8-4-2-6-17(19)14-24-10-9-15(13-24)12-23-20(25)18-7-3-1-5-16(18)11-22/h1-8,15H,9-10,12-14H2,(H,23,25). The fourth-order valence-corrected chi connectivity index (χ4v) is 3.20. The normalized spacial score (nSPS) is 17.2. The van der Waals surface area contributed by atoms with E-state index in [1.807, 2.05) is 18.2 Å². The second-order valence-electron chi connectivity index (χ2n) is 6.35. The average molecular weight is 337 g/mol. The van der Waals surface area contributed by atoms with Gasteiger partial charge in [0.15, 0.2) is 0 Å². The molecule has 1 unspecified atom stereocenters. The minimum Gasteiger partial charge on any atom is -0.352 e. The fourth-order valence-electron chi connectivity index (χ4n) is 3.20. The van der Waals surface area contributed by atoms with Crippen molar-refractivity contribution in [3.63, 3.8) is 0 Å². The molecule has 2 aromatic carbocycles. The molecular formula is C20H20FN3O. The molecule has 5 heteroatoms. The molecule has 2 aromatic rings. The molecule has 128 valence electrons. The first-order valence-electron chi connectivity index (χ1n) is 8.40. The van der Waals surface area contributed by atoms with Gasteiger partial charge in [0.2, 0.25) is 0 Å². The summed E-state index contributed by atoms with van der Waals surface area (Å²) < 4.78 is 13.7. The summed E-state index contributed by atoms with van der Waals surface area (Å²) in [6.45, 7) is 2.87. The predicted molar refractivity (Wildman–Crippen MR) is 93.3 cm³/mol. The highest BCUT2D eigenvalue weighted by Crippen LogP contribution is 2.19. The molecule has 1 amide bonds. The van der Waals surface area contributed by atoms with E-state index in [-0.39, 0.29) is 11.7 Å². The molecule has 25 heavy (non-hydrogen) atoms. The van der Waals surface area contributed by atoms with Gasteiger partial charge in [-0.1, -0.05) is 30.3 Å². The first-order valence-corrected chi connectivity index (χ1v) is 8.40. The van der Waals surface area contributed by atoms with E-state index in [0.717, 1.165) is 19.5 Å². The van der Waals surface area contributed by atoms with E-state index in [1.165, 1.54) is 6.07 Å². The van der Waals surface area contributed by atoms with E-state index >= 15 is 0 Å². The summed E-state index contributed by atoms with van der Waals surface area (Å²) in [6.07, 6.45) is 0.967. The number of amides is 1. The number of likely N-dealkylation sites (tertiary alicyclic amines) is 1. The van der Waals surface area contributed by atoms with Crippen molar-refractivity contribution in [3.8, 4) is 6.07 Å². The third-order valence-electron chi connectivity index (χ3n) is 4.57. The summed E-state index contributed by atoms with van der Waals surface area (Å²) in [5.41, 5.74) is 1.49. The van der Waals surface area contributed by atoms with Crippen LogP contribution in [0.25, 0.3) is 0 Å². The monoisotopic (exact) mass is 337 g/mol. The van der Waals surface area contributed by atoms with Crippen molar-refractivity contribution >= 4 is 5.91 Å². The van der Waals surface area contributed by atoms with Gasteiger partial charge in [0.25, 0.3) is 5.91 Å². The Morgan fingerprint density at radius 2 is 2.00 bits per heavy atom. The summed E-state index contributed by atoms with van der Waals surface area (Å²) in [6, 6.07) is 15.7. The van der Waals surface area contributed by atoms with Gasteiger partial charge in [-0.2, -0.15) is 5.26 Å². The summed E-state index contributed by atoms with van der Waals surface area (Å²) in [7, 11) is 0. The highest BCUT2D eigenvalue weighted by atomic mass is 19.1. The number of nitrogens with zero attached hydrogens (tertiary/aromatic N) is 2. The molecule has 0 aliphatic carbocycles. The molecule has 1 aliphatic heterocycles. The number of carbonyl (C=O) groups is 1. The van der Waals surface area contributed by atoms with Gasteiger partial charge in [0.05, 0.1) is 17.2 Å². The van der Waals surface area contributed by atoms with Crippen molar-refractivity contribution in [2.75, 3.05) is 19.6 Å². The highest BCUT2D eigenvalue weighted by Gasteiger charge is 2.24. The van der Waals surface area contributed by atoms with Crippen molar-refractivity contribution in [1.82, 2.24) is 10.2 Å². The Morgan fingerprint density at radius 1 is 1.24 bits per heavy atom. The molecule has 1 heterocycles. The van der Waals surface area contributed by atoms with Crippen LogP contribution in [-0.2, 0) is 6.54 Å². The number of hydrogen-bond donors (Lipinski definition) is 1. The summed E-state index contributed by atoms with van der Waals surface area (Å²) in [4.78, 5) is 14.5. The van der Waals surface area contributed by atoms with Crippen LogP contribution in [0.5, 0.6) is 0 Å². The average Bonchev–Trinajstić information content (AvgIpc) is 3.09. The minimum absolute atomic E-state index is 0.174. The van der Waals surface area contributed by atoms with Gasteiger partial charge in [-0.25, -0.2) is 4.39 Å². The summed E-state index contributed by atoms with van der Waals surface area (Å²) in [5.74, 6) is -0.0537. The Morgan fingerprint density at radius 3 is 2.80 bits per heavy atom. The number of benzene rings is 2. The van der Waals surface area contributed by atoms with Crippen LogP contribution in [0.2, 0.25) is 0 Å². The van der Waals surface area contributed by atoms with E-state index < -0.39 is 0 Å². The van der Waals surface area contributed by atoms with Crippen molar-refractivity contribution in [2.45, 2.75) is 13.0 Å². The maximum atomic E-state index is 13.7. The van der Waals surface area contributed by atoms with Gasteiger partial charge in [-0.3, -0.25) is 9.69 Å². The lowest BCUT2D eigenvalue weighted by molar-refractivity contribution is 0.0947. The Labute approximate surface area is 146 Å². The van der Waals surface area contributed by atoms with Crippen LogP contribution in [0.15, 0.2) is 48.5 Å². The number of carbonyl (C=O) groups excluding carboxylic acids is 1. The van der Waals surface area contributed by atoms with Crippen LogP contribution >= 0.6 is 0 Å². The molecule has 0 bridgehead atoms. The molecule has 1 fully saturated rings. The van der Waals surface area contributed by atoms with Crippen molar-refractivity contribution < 1.29 is 9.18 Å². The van der Waals surface area contributed by atoms with E-state index in [0.29, 0.717) is 35.7 Å². The summed E-state index contributed by atoms with van der Waals surface area (Å²) in [5, 5.41) is 12.0. The lowest BCUT2D eigenvalue weighted by Crippen LogP contribution is -2.31. The highest BCUT2D eigenvalue weighted by molar-refractivity contribution is 5.96. The third-order valence-corrected chi connectivity index (χ3v) is 4.57. The predicted octanol–water partition coefficient (Wildman–Crippen LogP) is 2.95. The van der Waals surface area contributed by atoms with Crippen LogP contribution in [-0.4, -0.2) is 30.4 Å². The lowest BCUT2D eigenvalue weighted by Gasteiger charge is -2.17. The second-order valence-corrected chi connectivity index (χ2v) is 6.35. The van der Waals surface area contributed by atoms with Gasteiger partial charge >= 0.3 is 0 Å². The van der Waals surface area contributed by atoms with E-state index in [1.54, 1.807) is 30.3 Å². The zero-order valence-electron chi connectivity index (χ0n) is 13.9. The van der Waals surface area contributed by atoms with E-state index in [2.05, 4.69) is 10.2 Å². The fraction of sp³-hybridized carbons (Fsp3) is 0.300. The van der Waals surface area contributed by atoms with Gasteiger partial charge in [0, 0.05) is 25.2 Å². The van der Waals surface area contributed by atoms with Crippen LogP contribution in [0.3, 0.4) is 0 Å². The minimum atomic E-state index is -0.218. The quantitative estimate of drug-likeness (QED) is 0.913. The molecular weight excluding hydrogens is 317 g/mol. The van der Waals surface area contributed by atoms with Crippen LogP contribution in [0.1, 0.15) is 27.9 Å². The number of hydrogen-bond acceptors (Lipinski definition) is 3. The van der Waals surface area contributed by atoms with E-state index in [4.69, 9.17) is 5.26 Å². The van der Waals surface area contributed by atoms with Crippen LogP contribution < -0.4 is 5.32 Å². The maximum Gasteiger partial charge on any atom is 0.252 e. The van der Waals surface area contributed by atoms with Gasteiger partial charge in [-0.05, 0) is 37.1 Å². The first kappa shape index (κ1) is 17.1. The van der Waals surface area contributed by atoms with Gasteiger partial charge in [-0.15, -0.1) is 0 Å². The molecule has 0 aromatic heterocycles. The van der Waals surface area contributed by atoms with Gasteiger partial charge < -0.3 is 5.32 Å². The Bertz CT molecular complexity index is 800. The number of rotatable bonds is 5. The lowest BCUT2D eigenvalue weighted by atomic mass is 10.1. The van der Waals surface area contributed by atoms with Crippen molar-refractivity contribution in [2.24, 2.45) is 5.92 Å². The molecule has 1 aliphatic rings. The Balaban J connectivity index is 1.51. The van der Waals surface area contributed by atoms with Crippen molar-refractivity contribution in [1.29, 1.82) is 5.26 Å². The van der Waals surface area contributed by atoms with Crippen LogP contribution in [0.4, 0.5) is 4.39 Å². The number of nitriles is 1. The summed E-state index contributed by atoms with van der Waals surface area (Å²) >= 11 is 0. The molecule has 0 spiro atoms. The van der Waals surface area contributed by atoms with Crippen molar-refractivity contribution in [3.05, 3.63) is 71.0 Å². The van der Waals surface area contributed by atoms with Crippen LogP contribution in [0, 0.1) is 23.1 Å². The molecule has 1 atom stereocenters. The molecule has 0 saturated carbocycles. The maximum absolute atomic E-state index is 13.7. The molecule has 3 rings (SSSR count). The van der Waals surface area contributed by atoms with Gasteiger partial charge in [0.1, 0.15) is 5.82 Å². The topological polar surface area (TPSA) is 56.1 Å². The third kappa shape index (κ3) is 4.23. The molecule has 0 radical (unpaired) electrons. The smallest absolute Gasteiger partial charge is 0.252 e. The number of halogens is 1. The Kier molecular flexibility index (Phi) is 5.42. The SMILES string of the molecule is N#Cc1ccccc1C(=O)NCC1CCN(Cc2ccccc2F)C1. The van der Waals surface area contributed by atoms with E-state index in [9.17, 15) is 9.18 Å². The number of nitrogens with one attached hydrogen (secondary N) is 1. The first-order chi connectivity index (χ1) is 12.2. The molecule has 1 N–H and O–H groups in total.